The predicted molar refractivity (Wildman–Crippen MR) is 108 cm³/mol. The van der Waals surface area contributed by atoms with Crippen molar-refractivity contribution >= 4 is 0 Å². The number of rotatable bonds is 6. The maximum Gasteiger partial charge on any atom is 0.115 e. The molecule has 0 aromatic heterocycles. The van der Waals surface area contributed by atoms with E-state index in [1.165, 1.54) is 11.1 Å². The first-order valence-corrected chi connectivity index (χ1v) is 9.25. The fourth-order valence-electron chi connectivity index (χ4n) is 3.30. The normalized spacial score (nSPS) is 13.3. The van der Waals surface area contributed by atoms with Gasteiger partial charge in [-0.3, -0.25) is 0 Å². The summed E-state index contributed by atoms with van der Waals surface area (Å²) < 4.78 is 0. The highest BCUT2D eigenvalue weighted by atomic mass is 16.3. The molecule has 0 spiro atoms. The lowest BCUT2D eigenvalue weighted by atomic mass is 9.83. The molecule has 3 aromatic carbocycles. The molecule has 3 aromatic rings. The summed E-state index contributed by atoms with van der Waals surface area (Å²) in [5.41, 5.74) is 4.76. The van der Waals surface area contributed by atoms with Crippen LogP contribution in [0.3, 0.4) is 0 Å². The van der Waals surface area contributed by atoms with Crippen LogP contribution >= 0.6 is 0 Å². The lowest BCUT2D eigenvalue weighted by molar-refractivity contribution is 0.472. The lowest BCUT2D eigenvalue weighted by Crippen LogP contribution is -2.06. The van der Waals surface area contributed by atoms with E-state index < -0.39 is 0 Å². The molecule has 134 valence electrons. The topological polar surface area (TPSA) is 40.5 Å². The van der Waals surface area contributed by atoms with Gasteiger partial charge in [-0.25, -0.2) is 0 Å². The van der Waals surface area contributed by atoms with E-state index in [1.54, 1.807) is 24.3 Å². The van der Waals surface area contributed by atoms with Gasteiger partial charge in [-0.1, -0.05) is 68.8 Å². The molecular formula is C24H26O2. The first-order chi connectivity index (χ1) is 12.6. The van der Waals surface area contributed by atoms with Crippen molar-refractivity contribution in [2.75, 3.05) is 0 Å². The van der Waals surface area contributed by atoms with Crippen molar-refractivity contribution in [3.63, 3.8) is 0 Å². The van der Waals surface area contributed by atoms with Crippen LogP contribution in [0.2, 0.25) is 0 Å². The smallest absolute Gasteiger partial charge is 0.115 e. The average molecular weight is 346 g/mol. The molecule has 0 saturated carbocycles. The van der Waals surface area contributed by atoms with Gasteiger partial charge in [-0.2, -0.15) is 0 Å². The van der Waals surface area contributed by atoms with Gasteiger partial charge < -0.3 is 10.2 Å². The molecule has 0 heterocycles. The summed E-state index contributed by atoms with van der Waals surface area (Å²) >= 11 is 0. The number of hydrogen-bond donors (Lipinski definition) is 2. The molecule has 2 nitrogen and oxygen atoms in total. The first-order valence-electron chi connectivity index (χ1n) is 9.25. The minimum atomic E-state index is 0.284. The van der Waals surface area contributed by atoms with Crippen LogP contribution in [0.25, 0.3) is 11.1 Å². The summed E-state index contributed by atoms with van der Waals surface area (Å²) in [6.07, 6.45) is 2.24. The van der Waals surface area contributed by atoms with Crippen LogP contribution in [0, 0.1) is 5.92 Å². The van der Waals surface area contributed by atoms with Gasteiger partial charge in [-0.05, 0) is 58.9 Å². The molecule has 0 aliphatic rings. The van der Waals surface area contributed by atoms with Crippen molar-refractivity contribution in [2.45, 2.75) is 32.6 Å². The molecule has 0 amide bonds. The van der Waals surface area contributed by atoms with E-state index in [-0.39, 0.29) is 5.75 Å². The third kappa shape index (κ3) is 4.26. The molecule has 2 N–H and O–H groups in total. The Kier molecular flexibility index (Phi) is 5.62. The van der Waals surface area contributed by atoms with Crippen LogP contribution in [0.4, 0.5) is 0 Å². The number of phenols is 2. The highest BCUT2D eigenvalue weighted by molar-refractivity contribution is 5.64. The second-order valence-electron chi connectivity index (χ2n) is 7.06. The zero-order valence-electron chi connectivity index (χ0n) is 15.4. The van der Waals surface area contributed by atoms with E-state index in [0.29, 0.717) is 17.6 Å². The minimum absolute atomic E-state index is 0.284. The monoisotopic (exact) mass is 346 g/mol. The summed E-state index contributed by atoms with van der Waals surface area (Å²) in [5.74, 6) is 1.54. The van der Waals surface area contributed by atoms with E-state index >= 15 is 0 Å². The number of phenolic OH excluding ortho intramolecular Hbond substituents is 2. The highest BCUT2D eigenvalue weighted by Crippen LogP contribution is 2.34. The maximum absolute atomic E-state index is 9.60. The molecule has 2 heteroatoms. The van der Waals surface area contributed by atoms with Gasteiger partial charge in [0.25, 0.3) is 0 Å². The summed E-state index contributed by atoms with van der Waals surface area (Å²) in [4.78, 5) is 0. The van der Waals surface area contributed by atoms with Crippen molar-refractivity contribution in [3.8, 4) is 22.6 Å². The fourth-order valence-corrected chi connectivity index (χ4v) is 3.30. The Morgan fingerprint density at radius 1 is 0.654 bits per heavy atom. The van der Waals surface area contributed by atoms with Crippen LogP contribution in [-0.2, 0) is 0 Å². The Balaban J connectivity index is 1.90. The Bertz CT molecular complexity index is 818. The van der Waals surface area contributed by atoms with E-state index in [2.05, 4.69) is 38.1 Å². The molecule has 0 aliphatic heterocycles. The van der Waals surface area contributed by atoms with Gasteiger partial charge in [0.15, 0.2) is 0 Å². The van der Waals surface area contributed by atoms with Gasteiger partial charge in [-0.15, -0.1) is 0 Å². The van der Waals surface area contributed by atoms with Crippen molar-refractivity contribution in [2.24, 2.45) is 5.92 Å². The Hall–Kier alpha value is -2.74. The van der Waals surface area contributed by atoms with Crippen molar-refractivity contribution in [1.82, 2.24) is 0 Å². The van der Waals surface area contributed by atoms with Crippen LogP contribution in [0.15, 0.2) is 72.8 Å². The standard InChI is InChI=1S/C24H26O2/c1-3-17(2)16-24(21-10-14-23(26)15-11-21)20-6-4-18(5-7-20)19-8-12-22(25)13-9-19/h4-15,17,24-26H,3,16H2,1-2H3. The molecule has 26 heavy (non-hydrogen) atoms. The van der Waals surface area contributed by atoms with Gasteiger partial charge >= 0.3 is 0 Å². The SMILES string of the molecule is CCC(C)CC(c1ccc(O)cc1)c1ccc(-c2ccc(O)cc2)cc1. The number of hydrogen-bond acceptors (Lipinski definition) is 2. The second-order valence-corrected chi connectivity index (χ2v) is 7.06. The molecule has 0 aliphatic carbocycles. The van der Waals surface area contributed by atoms with Gasteiger partial charge in [0.05, 0.1) is 0 Å². The highest BCUT2D eigenvalue weighted by Gasteiger charge is 2.17. The molecule has 3 rings (SSSR count). The third-order valence-corrected chi connectivity index (χ3v) is 5.14. The molecule has 0 fully saturated rings. The minimum Gasteiger partial charge on any atom is -0.508 e. The van der Waals surface area contributed by atoms with E-state index in [9.17, 15) is 10.2 Å². The summed E-state index contributed by atoms with van der Waals surface area (Å²) in [7, 11) is 0. The first kappa shape index (κ1) is 18.1. The Labute approximate surface area is 155 Å². The Morgan fingerprint density at radius 3 is 1.50 bits per heavy atom. The molecule has 2 unspecified atom stereocenters. The van der Waals surface area contributed by atoms with Crippen molar-refractivity contribution in [1.29, 1.82) is 0 Å². The third-order valence-electron chi connectivity index (χ3n) is 5.14. The van der Waals surface area contributed by atoms with Crippen molar-refractivity contribution < 1.29 is 10.2 Å². The fraction of sp³-hybridized carbons (Fsp3) is 0.250. The summed E-state index contributed by atoms with van der Waals surface area (Å²) in [5, 5.41) is 19.1. The predicted octanol–water partition coefficient (Wildman–Crippen LogP) is 6.33. The molecule has 0 bridgehead atoms. The number of benzene rings is 3. The summed E-state index contributed by atoms with van der Waals surface area (Å²) in [6, 6.07) is 23.6. The van der Waals surface area contributed by atoms with E-state index in [0.717, 1.165) is 24.0 Å². The van der Waals surface area contributed by atoms with Crippen LogP contribution < -0.4 is 0 Å². The van der Waals surface area contributed by atoms with Crippen molar-refractivity contribution in [3.05, 3.63) is 83.9 Å². The van der Waals surface area contributed by atoms with Crippen LogP contribution in [-0.4, -0.2) is 10.2 Å². The maximum atomic E-state index is 9.60. The second kappa shape index (κ2) is 8.09. The zero-order valence-corrected chi connectivity index (χ0v) is 15.4. The largest absolute Gasteiger partial charge is 0.508 e. The Morgan fingerprint density at radius 2 is 1.04 bits per heavy atom. The van der Waals surface area contributed by atoms with E-state index in [4.69, 9.17) is 0 Å². The molecule has 0 radical (unpaired) electrons. The molecular weight excluding hydrogens is 320 g/mol. The average Bonchev–Trinajstić information content (AvgIpc) is 2.67. The van der Waals surface area contributed by atoms with Crippen LogP contribution in [0.5, 0.6) is 11.5 Å². The summed E-state index contributed by atoms with van der Waals surface area (Å²) in [6.45, 7) is 4.52. The van der Waals surface area contributed by atoms with Gasteiger partial charge in [0.1, 0.15) is 11.5 Å². The van der Waals surface area contributed by atoms with Gasteiger partial charge in [0, 0.05) is 5.92 Å². The number of aromatic hydroxyl groups is 2. The van der Waals surface area contributed by atoms with Crippen LogP contribution in [0.1, 0.15) is 43.7 Å². The lowest BCUT2D eigenvalue weighted by Gasteiger charge is -2.22. The van der Waals surface area contributed by atoms with Gasteiger partial charge in [0.2, 0.25) is 0 Å². The molecule has 0 saturated heterocycles. The molecule has 2 atom stereocenters. The zero-order chi connectivity index (χ0) is 18.5. The quantitative estimate of drug-likeness (QED) is 0.547. The van der Waals surface area contributed by atoms with E-state index in [1.807, 2.05) is 24.3 Å².